The topological polar surface area (TPSA) is 37.3 Å². The molecule has 4 aromatic carbocycles. The standard InChI is InChI=1S/C18H12O2/c19-16(20)10-14-7-6-13-5-4-11-2-1-3-12-8-9-15(14)18(13)17(11)12/h1-9H,10H2,(H,19,20). The van der Waals surface area contributed by atoms with Crippen molar-refractivity contribution in [3.63, 3.8) is 0 Å². The maximum Gasteiger partial charge on any atom is 0.307 e. The van der Waals surface area contributed by atoms with Crippen LogP contribution in [-0.4, -0.2) is 11.1 Å². The Bertz CT molecular complexity index is 938. The molecule has 96 valence electrons. The van der Waals surface area contributed by atoms with Gasteiger partial charge in [0.2, 0.25) is 0 Å². The van der Waals surface area contributed by atoms with Crippen LogP contribution in [0.5, 0.6) is 0 Å². The highest BCUT2D eigenvalue weighted by Crippen LogP contribution is 2.35. The molecular weight excluding hydrogens is 248 g/mol. The van der Waals surface area contributed by atoms with Crippen molar-refractivity contribution in [2.24, 2.45) is 0 Å². The van der Waals surface area contributed by atoms with E-state index in [4.69, 9.17) is 5.11 Å². The lowest BCUT2D eigenvalue weighted by Gasteiger charge is -2.12. The Kier molecular flexibility index (Phi) is 2.21. The molecule has 0 aromatic heterocycles. The molecule has 0 amide bonds. The minimum Gasteiger partial charge on any atom is -0.481 e. The Morgan fingerprint density at radius 2 is 1.40 bits per heavy atom. The van der Waals surface area contributed by atoms with Gasteiger partial charge in [-0.15, -0.1) is 0 Å². The molecule has 0 radical (unpaired) electrons. The van der Waals surface area contributed by atoms with E-state index in [0.717, 1.165) is 10.9 Å². The monoisotopic (exact) mass is 260 g/mol. The van der Waals surface area contributed by atoms with E-state index < -0.39 is 5.97 Å². The molecule has 2 heteroatoms. The van der Waals surface area contributed by atoms with Crippen LogP contribution < -0.4 is 0 Å². The Balaban J connectivity index is 2.23. The Morgan fingerprint density at radius 3 is 2.10 bits per heavy atom. The van der Waals surface area contributed by atoms with E-state index in [1.165, 1.54) is 26.9 Å². The van der Waals surface area contributed by atoms with Crippen molar-refractivity contribution in [1.29, 1.82) is 0 Å². The van der Waals surface area contributed by atoms with Gasteiger partial charge in [0.15, 0.2) is 0 Å². The molecule has 4 rings (SSSR count). The quantitative estimate of drug-likeness (QED) is 0.548. The van der Waals surface area contributed by atoms with Gasteiger partial charge in [-0.25, -0.2) is 0 Å². The van der Waals surface area contributed by atoms with Crippen LogP contribution in [0.1, 0.15) is 5.56 Å². The second-order valence-corrected chi connectivity index (χ2v) is 5.15. The summed E-state index contributed by atoms with van der Waals surface area (Å²) in [7, 11) is 0. The first kappa shape index (κ1) is 11.2. The number of carbonyl (C=O) groups is 1. The molecule has 0 fully saturated rings. The van der Waals surface area contributed by atoms with Crippen molar-refractivity contribution >= 4 is 38.3 Å². The van der Waals surface area contributed by atoms with Crippen LogP contribution in [0.25, 0.3) is 32.3 Å². The maximum atomic E-state index is 11.0. The zero-order valence-electron chi connectivity index (χ0n) is 10.8. The average Bonchev–Trinajstić information content (AvgIpc) is 2.46. The van der Waals surface area contributed by atoms with Gasteiger partial charge in [-0.05, 0) is 37.9 Å². The van der Waals surface area contributed by atoms with Gasteiger partial charge in [-0.3, -0.25) is 4.79 Å². The first-order valence-corrected chi connectivity index (χ1v) is 6.61. The Labute approximate surface area is 115 Å². The van der Waals surface area contributed by atoms with E-state index in [9.17, 15) is 4.79 Å². The number of aliphatic carboxylic acids is 1. The van der Waals surface area contributed by atoms with E-state index in [-0.39, 0.29) is 6.42 Å². The average molecular weight is 260 g/mol. The second kappa shape index (κ2) is 3.94. The van der Waals surface area contributed by atoms with Crippen LogP contribution in [0, 0.1) is 0 Å². The number of carboxylic acid groups (broad SMARTS) is 1. The van der Waals surface area contributed by atoms with Gasteiger partial charge in [0.05, 0.1) is 6.42 Å². The number of carboxylic acids is 1. The minimum absolute atomic E-state index is 0.0637. The molecule has 1 N–H and O–H groups in total. The normalized spacial score (nSPS) is 11.6. The number of hydrogen-bond acceptors (Lipinski definition) is 1. The van der Waals surface area contributed by atoms with Crippen LogP contribution >= 0.6 is 0 Å². The maximum absolute atomic E-state index is 11.0. The fourth-order valence-electron chi connectivity index (χ4n) is 3.11. The van der Waals surface area contributed by atoms with Gasteiger partial charge in [-0.2, -0.15) is 0 Å². The molecule has 0 spiro atoms. The third kappa shape index (κ3) is 1.48. The second-order valence-electron chi connectivity index (χ2n) is 5.15. The van der Waals surface area contributed by atoms with Gasteiger partial charge in [0.1, 0.15) is 0 Å². The lowest BCUT2D eigenvalue weighted by molar-refractivity contribution is -0.136. The molecule has 0 saturated heterocycles. The summed E-state index contributed by atoms with van der Waals surface area (Å²) in [6.45, 7) is 0. The largest absolute Gasteiger partial charge is 0.481 e. The zero-order chi connectivity index (χ0) is 13.7. The Hall–Kier alpha value is -2.61. The first-order valence-electron chi connectivity index (χ1n) is 6.61. The van der Waals surface area contributed by atoms with E-state index >= 15 is 0 Å². The highest BCUT2D eigenvalue weighted by molar-refractivity contribution is 6.23. The van der Waals surface area contributed by atoms with Crippen molar-refractivity contribution in [2.45, 2.75) is 6.42 Å². The van der Waals surface area contributed by atoms with Crippen molar-refractivity contribution < 1.29 is 9.90 Å². The predicted octanol–water partition coefficient (Wildman–Crippen LogP) is 4.21. The van der Waals surface area contributed by atoms with Crippen molar-refractivity contribution in [3.05, 3.63) is 60.2 Å². The molecular formula is C18H12O2. The molecule has 0 aliphatic rings. The lowest BCUT2D eigenvalue weighted by atomic mass is 9.91. The van der Waals surface area contributed by atoms with Crippen LogP contribution in [0.15, 0.2) is 54.6 Å². The van der Waals surface area contributed by atoms with E-state index in [1.807, 2.05) is 18.2 Å². The summed E-state index contributed by atoms with van der Waals surface area (Å²) in [6, 6.07) is 18.6. The smallest absolute Gasteiger partial charge is 0.307 e. The fraction of sp³-hybridized carbons (Fsp3) is 0.0556. The molecule has 0 bridgehead atoms. The molecule has 0 unspecified atom stereocenters. The summed E-state index contributed by atoms with van der Waals surface area (Å²) in [5, 5.41) is 16.1. The van der Waals surface area contributed by atoms with Crippen molar-refractivity contribution in [1.82, 2.24) is 0 Å². The zero-order valence-corrected chi connectivity index (χ0v) is 10.8. The molecule has 0 atom stereocenters. The Morgan fingerprint density at radius 1 is 0.800 bits per heavy atom. The van der Waals surface area contributed by atoms with Crippen LogP contribution in [0.2, 0.25) is 0 Å². The van der Waals surface area contributed by atoms with Gasteiger partial charge in [0, 0.05) is 0 Å². The molecule has 0 aliphatic carbocycles. The molecule has 20 heavy (non-hydrogen) atoms. The number of benzene rings is 4. The van der Waals surface area contributed by atoms with Gasteiger partial charge < -0.3 is 5.11 Å². The molecule has 4 aromatic rings. The summed E-state index contributed by atoms with van der Waals surface area (Å²) in [5.41, 5.74) is 0.878. The fourth-order valence-corrected chi connectivity index (χ4v) is 3.11. The van der Waals surface area contributed by atoms with Gasteiger partial charge in [-0.1, -0.05) is 54.6 Å². The van der Waals surface area contributed by atoms with E-state index in [0.29, 0.717) is 0 Å². The summed E-state index contributed by atoms with van der Waals surface area (Å²) in [5.74, 6) is -0.792. The SMILES string of the molecule is O=C(O)Cc1ccc2ccc3cccc4ccc1c2c34. The third-order valence-corrected chi connectivity index (χ3v) is 3.96. The minimum atomic E-state index is -0.792. The highest BCUT2D eigenvalue weighted by atomic mass is 16.4. The molecule has 0 saturated carbocycles. The number of hydrogen-bond donors (Lipinski definition) is 1. The third-order valence-electron chi connectivity index (χ3n) is 3.96. The molecule has 0 heterocycles. The van der Waals surface area contributed by atoms with E-state index in [1.54, 1.807) is 0 Å². The van der Waals surface area contributed by atoms with E-state index in [2.05, 4.69) is 36.4 Å². The summed E-state index contributed by atoms with van der Waals surface area (Å²) < 4.78 is 0. The van der Waals surface area contributed by atoms with Crippen LogP contribution in [-0.2, 0) is 11.2 Å². The number of rotatable bonds is 2. The molecule has 2 nitrogen and oxygen atoms in total. The summed E-state index contributed by atoms with van der Waals surface area (Å²) >= 11 is 0. The first-order chi connectivity index (χ1) is 9.74. The van der Waals surface area contributed by atoms with Gasteiger partial charge in [0.25, 0.3) is 0 Å². The van der Waals surface area contributed by atoms with Crippen LogP contribution in [0.4, 0.5) is 0 Å². The predicted molar refractivity (Wildman–Crippen MR) is 81.5 cm³/mol. The van der Waals surface area contributed by atoms with Crippen LogP contribution in [0.3, 0.4) is 0 Å². The summed E-state index contributed by atoms with van der Waals surface area (Å²) in [6.07, 6.45) is 0.0637. The van der Waals surface area contributed by atoms with Crippen molar-refractivity contribution in [2.75, 3.05) is 0 Å². The van der Waals surface area contributed by atoms with Gasteiger partial charge >= 0.3 is 5.97 Å². The lowest BCUT2D eigenvalue weighted by Crippen LogP contribution is -2.01. The molecule has 0 aliphatic heterocycles. The van der Waals surface area contributed by atoms with Crippen molar-refractivity contribution in [3.8, 4) is 0 Å². The highest BCUT2D eigenvalue weighted by Gasteiger charge is 2.11. The summed E-state index contributed by atoms with van der Waals surface area (Å²) in [4.78, 5) is 11.0.